The molecule has 0 radical (unpaired) electrons. The van der Waals surface area contributed by atoms with Crippen molar-refractivity contribution in [1.82, 2.24) is 0 Å². The molecule has 1 saturated carbocycles. The molecule has 156 valence electrons. The zero-order valence-electron chi connectivity index (χ0n) is 16.9. The molecule has 3 aliphatic heterocycles. The van der Waals surface area contributed by atoms with Crippen LogP contribution in [0.2, 0.25) is 0 Å². The van der Waals surface area contributed by atoms with Gasteiger partial charge in [-0.2, -0.15) is 0 Å². The van der Waals surface area contributed by atoms with Crippen LogP contribution in [0.25, 0.3) is 0 Å². The number of rotatable bonds is 0. The van der Waals surface area contributed by atoms with Gasteiger partial charge in [-0.15, -0.1) is 23.5 Å². The second-order valence-corrected chi connectivity index (χ2v) is 9.80. The first-order valence-corrected chi connectivity index (χ1v) is 12.6. The molecule has 0 saturated heterocycles. The Morgan fingerprint density at radius 2 is 0.897 bits per heavy atom. The van der Waals surface area contributed by atoms with Crippen LogP contribution in [-0.4, -0.2) is 51.1 Å². The van der Waals surface area contributed by atoms with Crippen molar-refractivity contribution in [3.63, 3.8) is 0 Å². The molecule has 4 bridgehead atoms. The molecule has 0 aromatic heterocycles. The highest BCUT2D eigenvalue weighted by Gasteiger charge is 2.33. The van der Waals surface area contributed by atoms with Gasteiger partial charge in [-0.25, -0.2) is 0 Å². The fourth-order valence-electron chi connectivity index (χ4n) is 3.90. The largest absolute Gasteiger partial charge is 0.378 e. The summed E-state index contributed by atoms with van der Waals surface area (Å²) in [5, 5.41) is 0. The fourth-order valence-corrected chi connectivity index (χ4v) is 5.43. The topological polar surface area (TPSA) is 27.7 Å². The van der Waals surface area contributed by atoms with Gasteiger partial charge in [-0.3, -0.25) is 0 Å². The zero-order valence-corrected chi connectivity index (χ0v) is 18.5. The second kappa shape index (κ2) is 11.4. The van der Waals surface area contributed by atoms with E-state index in [2.05, 4.69) is 48.5 Å². The van der Waals surface area contributed by atoms with Gasteiger partial charge in [0, 0.05) is 21.3 Å². The first kappa shape index (κ1) is 21.3. The van der Waals surface area contributed by atoms with Gasteiger partial charge in [0.15, 0.2) is 0 Å². The molecule has 29 heavy (non-hydrogen) atoms. The van der Waals surface area contributed by atoms with Crippen LogP contribution in [-0.2, 0) is 14.2 Å². The van der Waals surface area contributed by atoms with Crippen LogP contribution in [0.3, 0.4) is 0 Å². The lowest BCUT2D eigenvalue weighted by molar-refractivity contribution is 0.0205. The van der Waals surface area contributed by atoms with Crippen LogP contribution < -0.4 is 0 Å². The van der Waals surface area contributed by atoms with Gasteiger partial charge >= 0.3 is 0 Å². The van der Waals surface area contributed by atoms with Crippen molar-refractivity contribution < 1.29 is 14.2 Å². The molecule has 1 fully saturated rings. The number of ether oxygens (including phenoxy) is 3. The molecule has 0 unspecified atom stereocenters. The summed E-state index contributed by atoms with van der Waals surface area (Å²) in [6, 6.07) is 18.4. The van der Waals surface area contributed by atoms with Crippen molar-refractivity contribution in [3.8, 4) is 0 Å². The van der Waals surface area contributed by atoms with Crippen LogP contribution in [0.15, 0.2) is 58.3 Å². The minimum absolute atomic E-state index is 0.631. The first-order valence-electron chi connectivity index (χ1n) is 10.6. The molecular weight excluding hydrogens is 400 g/mol. The van der Waals surface area contributed by atoms with Gasteiger partial charge in [0.1, 0.15) is 0 Å². The molecule has 2 aromatic carbocycles. The van der Waals surface area contributed by atoms with E-state index in [1.165, 1.54) is 33.8 Å². The van der Waals surface area contributed by atoms with E-state index in [0.29, 0.717) is 38.3 Å². The average molecular weight is 431 g/mol. The molecule has 0 amide bonds. The summed E-state index contributed by atoms with van der Waals surface area (Å²) in [6.07, 6.45) is 2.59. The van der Waals surface area contributed by atoms with Crippen LogP contribution in [0.5, 0.6) is 0 Å². The summed E-state index contributed by atoms with van der Waals surface area (Å²) in [5.41, 5.74) is 2.96. The molecule has 2 atom stereocenters. The molecule has 3 heterocycles. The standard InChI is InChI=1S/C24H30O3S2/c1-5-21-6-2-19(1)23-9-10-24(23)20-3-7-22(8-4-20)29-18-16-27-14-12-25-11-13-26-15-17-28-21/h1-8,23-24H,9-18H2/t23-,24+. The summed E-state index contributed by atoms with van der Waals surface area (Å²) in [5.74, 6) is 3.26. The van der Waals surface area contributed by atoms with Gasteiger partial charge in [0.25, 0.3) is 0 Å². The summed E-state index contributed by atoms with van der Waals surface area (Å²) < 4.78 is 16.9. The lowest BCUT2D eigenvalue weighted by Crippen LogP contribution is -2.21. The lowest BCUT2D eigenvalue weighted by atomic mass is 9.67. The number of benzene rings is 2. The monoisotopic (exact) mass is 430 g/mol. The second-order valence-electron chi connectivity index (χ2n) is 7.46. The third-order valence-corrected chi connectivity index (χ3v) is 7.58. The third kappa shape index (κ3) is 6.25. The van der Waals surface area contributed by atoms with E-state index in [4.69, 9.17) is 14.2 Å². The van der Waals surface area contributed by atoms with E-state index in [9.17, 15) is 0 Å². The maximum atomic E-state index is 5.66. The van der Waals surface area contributed by atoms with Crippen molar-refractivity contribution >= 4 is 23.5 Å². The van der Waals surface area contributed by atoms with Crippen molar-refractivity contribution in [3.05, 3.63) is 59.7 Å². The molecular formula is C24H30O3S2. The Kier molecular flexibility index (Phi) is 8.37. The minimum atomic E-state index is 0.631. The van der Waals surface area contributed by atoms with Crippen molar-refractivity contribution in [2.75, 3.05) is 51.1 Å². The normalized spacial score (nSPS) is 24.6. The fraction of sp³-hybridized carbons (Fsp3) is 0.500. The van der Waals surface area contributed by atoms with Gasteiger partial charge in [0.05, 0.1) is 39.6 Å². The highest BCUT2D eigenvalue weighted by Crippen LogP contribution is 2.49. The average Bonchev–Trinajstić information content (AvgIpc) is 2.72. The van der Waals surface area contributed by atoms with Crippen LogP contribution in [0.4, 0.5) is 0 Å². The molecule has 5 heteroatoms. The highest BCUT2D eigenvalue weighted by atomic mass is 32.2. The Balaban J connectivity index is 1.39. The van der Waals surface area contributed by atoms with E-state index >= 15 is 0 Å². The quantitative estimate of drug-likeness (QED) is 0.543. The smallest absolute Gasteiger partial charge is 0.0701 e. The number of fused-ring (bicyclic) bond motifs is 2. The molecule has 3 nitrogen and oxygen atoms in total. The third-order valence-electron chi connectivity index (χ3n) is 5.63. The van der Waals surface area contributed by atoms with Crippen LogP contribution >= 0.6 is 23.5 Å². The van der Waals surface area contributed by atoms with E-state index in [1.54, 1.807) is 0 Å². The molecule has 6 rings (SSSR count). The van der Waals surface area contributed by atoms with Crippen molar-refractivity contribution in [2.24, 2.45) is 0 Å². The minimum Gasteiger partial charge on any atom is -0.378 e. The molecule has 2 aromatic rings. The maximum Gasteiger partial charge on any atom is 0.0701 e. The molecule has 0 N–H and O–H groups in total. The number of hydrogen-bond acceptors (Lipinski definition) is 5. The summed E-state index contributed by atoms with van der Waals surface area (Å²) in [7, 11) is 0. The van der Waals surface area contributed by atoms with Crippen molar-refractivity contribution in [2.45, 2.75) is 34.5 Å². The van der Waals surface area contributed by atoms with E-state index in [-0.39, 0.29) is 0 Å². The predicted molar refractivity (Wildman–Crippen MR) is 122 cm³/mol. The Bertz CT molecular complexity index is 669. The van der Waals surface area contributed by atoms with E-state index in [1.807, 2.05) is 23.5 Å². The summed E-state index contributed by atoms with van der Waals surface area (Å²) >= 11 is 3.72. The molecule has 1 aliphatic carbocycles. The van der Waals surface area contributed by atoms with Crippen molar-refractivity contribution in [1.29, 1.82) is 0 Å². The number of hydrogen-bond donors (Lipinski definition) is 0. The van der Waals surface area contributed by atoms with Gasteiger partial charge < -0.3 is 14.2 Å². The lowest BCUT2D eigenvalue weighted by Gasteiger charge is -2.37. The van der Waals surface area contributed by atoms with E-state index in [0.717, 1.165) is 24.7 Å². The Hall–Kier alpha value is -0.980. The predicted octanol–water partition coefficient (Wildman–Crippen LogP) is 5.60. The molecule has 0 spiro atoms. The molecule has 4 aliphatic rings. The Labute approximate surface area is 182 Å². The van der Waals surface area contributed by atoms with Crippen LogP contribution in [0.1, 0.15) is 35.8 Å². The Morgan fingerprint density at radius 3 is 1.28 bits per heavy atom. The number of thioether (sulfide) groups is 2. The van der Waals surface area contributed by atoms with Crippen LogP contribution in [0, 0.1) is 0 Å². The summed E-state index contributed by atoms with van der Waals surface area (Å²) in [4.78, 5) is 2.64. The van der Waals surface area contributed by atoms with Gasteiger partial charge in [-0.05, 0) is 60.1 Å². The van der Waals surface area contributed by atoms with E-state index < -0.39 is 0 Å². The zero-order chi connectivity index (χ0) is 19.7. The SMILES string of the molecule is c1cc2ccc1SCCOCCOCCOCCSc1ccc(cc1)[C@@H]1CC[C@H]21. The van der Waals surface area contributed by atoms with Gasteiger partial charge in [-0.1, -0.05) is 24.3 Å². The maximum absolute atomic E-state index is 5.66. The first-order chi connectivity index (χ1) is 14.4. The summed E-state index contributed by atoms with van der Waals surface area (Å²) in [6.45, 7) is 4.06. The Morgan fingerprint density at radius 1 is 0.517 bits per heavy atom. The van der Waals surface area contributed by atoms with Gasteiger partial charge in [0.2, 0.25) is 0 Å². The highest BCUT2D eigenvalue weighted by molar-refractivity contribution is 7.99.